The molecule has 4 rings (SSSR count). The van der Waals surface area contributed by atoms with Crippen molar-refractivity contribution in [1.29, 1.82) is 0 Å². The predicted octanol–water partition coefficient (Wildman–Crippen LogP) is 2.71. The van der Waals surface area contributed by atoms with Crippen LogP contribution in [0, 0.1) is 0 Å². The van der Waals surface area contributed by atoms with Gasteiger partial charge in [0.15, 0.2) is 5.13 Å². The third-order valence-electron chi connectivity index (χ3n) is 5.16. The number of carbonyl (C=O) groups is 2. The second kappa shape index (κ2) is 8.47. The normalized spacial score (nSPS) is 13.6. The molecule has 3 heterocycles. The molecule has 0 saturated heterocycles. The number of aromatic nitrogens is 3. The molecule has 0 aliphatic carbocycles. The van der Waals surface area contributed by atoms with Gasteiger partial charge < -0.3 is 14.6 Å². The molecular weight excluding hydrogens is 446 g/mol. The first-order valence-corrected chi connectivity index (χ1v) is 11.4. The maximum atomic E-state index is 12.8. The van der Waals surface area contributed by atoms with Gasteiger partial charge in [-0.3, -0.25) is 19.5 Å². The van der Waals surface area contributed by atoms with E-state index in [9.17, 15) is 19.2 Å². The molecule has 1 aliphatic heterocycles. The van der Waals surface area contributed by atoms with Crippen molar-refractivity contribution in [2.45, 2.75) is 52.8 Å². The topological polar surface area (TPSA) is 126 Å². The largest absolute Gasteiger partial charge is 0.444 e. The Bertz CT molecular complexity index is 1360. The summed E-state index contributed by atoms with van der Waals surface area (Å²) in [6.45, 7) is 8.30. The zero-order valence-electron chi connectivity index (χ0n) is 18.9. The highest BCUT2D eigenvalue weighted by molar-refractivity contribution is 7.15. The molecule has 1 aromatic carbocycles. The molecule has 2 N–H and O–H groups in total. The van der Waals surface area contributed by atoms with Crippen LogP contribution in [-0.4, -0.2) is 43.6 Å². The Labute approximate surface area is 193 Å². The summed E-state index contributed by atoms with van der Waals surface area (Å²) in [4.78, 5) is 59.3. The van der Waals surface area contributed by atoms with E-state index in [1.54, 1.807) is 11.8 Å². The average Bonchev–Trinajstić information content (AvgIpc) is 3.13. The van der Waals surface area contributed by atoms with Gasteiger partial charge >= 0.3 is 11.8 Å². The molecule has 0 spiro atoms. The Kier molecular flexibility index (Phi) is 5.83. The van der Waals surface area contributed by atoms with Gasteiger partial charge in [-0.1, -0.05) is 11.3 Å². The lowest BCUT2D eigenvalue weighted by molar-refractivity contribution is 0.0225. The number of fused-ring (bicyclic) bond motifs is 2. The second-order valence-electron chi connectivity index (χ2n) is 8.73. The molecule has 0 atom stereocenters. The van der Waals surface area contributed by atoms with E-state index in [1.807, 2.05) is 20.8 Å². The summed E-state index contributed by atoms with van der Waals surface area (Å²) in [6, 6.07) is 4.54. The van der Waals surface area contributed by atoms with Crippen LogP contribution >= 0.6 is 11.3 Å². The highest BCUT2D eigenvalue weighted by Crippen LogP contribution is 2.29. The van der Waals surface area contributed by atoms with E-state index in [-0.39, 0.29) is 18.2 Å². The minimum absolute atomic E-state index is 0.256. The van der Waals surface area contributed by atoms with Crippen molar-refractivity contribution in [1.82, 2.24) is 19.4 Å². The second-order valence-corrected chi connectivity index (χ2v) is 9.82. The van der Waals surface area contributed by atoms with Crippen LogP contribution < -0.4 is 16.6 Å². The Morgan fingerprint density at radius 3 is 2.73 bits per heavy atom. The van der Waals surface area contributed by atoms with E-state index in [4.69, 9.17) is 4.74 Å². The van der Waals surface area contributed by atoms with Crippen molar-refractivity contribution in [3.63, 3.8) is 0 Å². The number of nitrogens with one attached hydrogen (secondary N) is 2. The summed E-state index contributed by atoms with van der Waals surface area (Å²) in [6.07, 6.45) is 0.196. The van der Waals surface area contributed by atoms with Crippen molar-refractivity contribution in [2.75, 3.05) is 11.9 Å². The summed E-state index contributed by atoms with van der Waals surface area (Å²) in [5.41, 5.74) is -0.0555. The van der Waals surface area contributed by atoms with Crippen molar-refractivity contribution >= 4 is 39.4 Å². The van der Waals surface area contributed by atoms with Crippen LogP contribution in [0.25, 0.3) is 10.9 Å². The summed E-state index contributed by atoms with van der Waals surface area (Å²) in [5.74, 6) is -0.410. The molecule has 11 heteroatoms. The minimum Gasteiger partial charge on any atom is -0.444 e. The number of anilines is 1. The van der Waals surface area contributed by atoms with Crippen LogP contribution in [0.5, 0.6) is 0 Å². The van der Waals surface area contributed by atoms with Gasteiger partial charge in [0.05, 0.1) is 23.1 Å². The van der Waals surface area contributed by atoms with Gasteiger partial charge in [-0.15, -0.1) is 0 Å². The lowest BCUT2D eigenvalue weighted by Crippen LogP contribution is -2.39. The van der Waals surface area contributed by atoms with E-state index in [0.29, 0.717) is 35.5 Å². The number of hydrogen-bond acceptors (Lipinski definition) is 7. The molecule has 0 fully saturated rings. The molecule has 174 valence electrons. The van der Waals surface area contributed by atoms with Gasteiger partial charge in [0.2, 0.25) is 0 Å². The molecule has 1 aliphatic rings. The van der Waals surface area contributed by atoms with Gasteiger partial charge in [-0.25, -0.2) is 14.6 Å². The maximum absolute atomic E-state index is 12.8. The van der Waals surface area contributed by atoms with E-state index in [1.165, 1.54) is 29.5 Å². The highest BCUT2D eigenvalue weighted by atomic mass is 32.1. The van der Waals surface area contributed by atoms with Crippen LogP contribution in [0.4, 0.5) is 9.93 Å². The van der Waals surface area contributed by atoms with E-state index in [2.05, 4.69) is 15.3 Å². The zero-order chi connectivity index (χ0) is 23.9. The van der Waals surface area contributed by atoms with Crippen LogP contribution in [0.2, 0.25) is 0 Å². The average molecular weight is 472 g/mol. The Morgan fingerprint density at radius 2 is 2.03 bits per heavy atom. The van der Waals surface area contributed by atoms with Crippen molar-refractivity contribution in [3.05, 3.63) is 55.2 Å². The van der Waals surface area contributed by atoms with Gasteiger partial charge in [-0.05, 0) is 45.9 Å². The van der Waals surface area contributed by atoms with Crippen LogP contribution in [-0.2, 0) is 24.2 Å². The van der Waals surface area contributed by atoms with Crippen LogP contribution in [0.3, 0.4) is 0 Å². The number of aromatic amines is 1. The fraction of sp³-hybridized carbons (Fsp3) is 0.409. The number of hydrogen-bond donors (Lipinski definition) is 2. The molecule has 2 amide bonds. The number of carbonyl (C=O) groups excluding carboxylic acids is 2. The number of ether oxygens (including phenoxy) is 1. The first kappa shape index (κ1) is 22.7. The van der Waals surface area contributed by atoms with E-state index < -0.39 is 22.8 Å². The van der Waals surface area contributed by atoms with E-state index in [0.717, 1.165) is 15.1 Å². The summed E-state index contributed by atoms with van der Waals surface area (Å²) in [7, 11) is 0. The predicted molar refractivity (Wildman–Crippen MR) is 125 cm³/mol. The zero-order valence-corrected chi connectivity index (χ0v) is 19.7. The van der Waals surface area contributed by atoms with Crippen molar-refractivity contribution in [2.24, 2.45) is 0 Å². The molecule has 10 nitrogen and oxygen atoms in total. The third-order valence-corrected chi connectivity index (χ3v) is 6.16. The fourth-order valence-electron chi connectivity index (χ4n) is 3.58. The molecule has 0 unspecified atom stereocenters. The van der Waals surface area contributed by atoms with Gasteiger partial charge in [0, 0.05) is 30.0 Å². The van der Waals surface area contributed by atoms with Gasteiger partial charge in [0.25, 0.3) is 11.5 Å². The smallest absolute Gasteiger partial charge is 0.410 e. The number of nitrogens with zero attached hydrogens (tertiary/aromatic N) is 3. The fourth-order valence-corrected chi connectivity index (χ4v) is 4.60. The third kappa shape index (κ3) is 4.68. The molecular formula is C22H25N5O5S. The highest BCUT2D eigenvalue weighted by Gasteiger charge is 2.28. The minimum atomic E-state index is -0.571. The molecule has 0 radical (unpaired) electrons. The lowest BCUT2D eigenvalue weighted by atomic mass is 10.1. The summed E-state index contributed by atoms with van der Waals surface area (Å²) >= 11 is 1.31. The van der Waals surface area contributed by atoms with Crippen LogP contribution in [0.1, 0.15) is 48.6 Å². The number of H-pyrrole nitrogens is 1. The monoisotopic (exact) mass is 471 g/mol. The number of thiazole rings is 1. The Morgan fingerprint density at radius 1 is 1.27 bits per heavy atom. The lowest BCUT2D eigenvalue weighted by Gasteiger charge is -2.29. The molecule has 0 bridgehead atoms. The van der Waals surface area contributed by atoms with Crippen molar-refractivity contribution < 1.29 is 14.3 Å². The Balaban J connectivity index is 1.51. The number of benzene rings is 1. The molecule has 2 aromatic heterocycles. The van der Waals surface area contributed by atoms with Crippen LogP contribution in [0.15, 0.2) is 27.8 Å². The maximum Gasteiger partial charge on any atom is 0.410 e. The molecule has 0 saturated carbocycles. The molecule has 3 aromatic rings. The number of rotatable bonds is 3. The van der Waals surface area contributed by atoms with Crippen molar-refractivity contribution in [3.8, 4) is 0 Å². The van der Waals surface area contributed by atoms with Gasteiger partial charge in [0.1, 0.15) is 5.60 Å². The summed E-state index contributed by atoms with van der Waals surface area (Å²) < 4.78 is 6.54. The van der Waals surface area contributed by atoms with Gasteiger partial charge in [-0.2, -0.15) is 0 Å². The van der Waals surface area contributed by atoms with E-state index >= 15 is 0 Å². The Hall–Kier alpha value is -3.47. The number of amides is 2. The standard InChI is InChI=1S/C22H25N5O5S/c1-5-27-18(29)13-7-6-12(10-15(13)24-20(27)30)17(28)25-19-23-14-8-9-26(11-16(14)33-19)21(31)32-22(2,3)4/h6-7,10H,5,8-9,11H2,1-4H3,(H,24,30)(H,23,25,28). The quantitative estimate of drug-likeness (QED) is 0.605. The summed E-state index contributed by atoms with van der Waals surface area (Å²) in [5, 5.41) is 3.53. The molecule has 33 heavy (non-hydrogen) atoms. The first-order chi connectivity index (χ1) is 15.6. The SMILES string of the molecule is CCn1c(=O)[nH]c2cc(C(=O)Nc3nc4c(s3)CN(C(=O)OC(C)(C)C)CC4)ccc2c1=O. The first-order valence-electron chi connectivity index (χ1n) is 10.6.